The summed E-state index contributed by atoms with van der Waals surface area (Å²) >= 11 is 0. The summed E-state index contributed by atoms with van der Waals surface area (Å²) in [6.07, 6.45) is 4.14. The zero-order valence-electron chi connectivity index (χ0n) is 15.1. The van der Waals surface area contributed by atoms with E-state index in [4.69, 9.17) is 4.74 Å². The summed E-state index contributed by atoms with van der Waals surface area (Å²) < 4.78 is 6.95. The molecule has 0 unspecified atom stereocenters. The fourth-order valence-corrected chi connectivity index (χ4v) is 2.64. The van der Waals surface area contributed by atoms with Crippen LogP contribution in [-0.2, 0) is 9.53 Å². The van der Waals surface area contributed by atoms with E-state index in [2.05, 4.69) is 13.8 Å². The maximum atomic E-state index is 12.8. The van der Waals surface area contributed by atoms with Crippen molar-refractivity contribution in [2.75, 3.05) is 19.7 Å². The van der Waals surface area contributed by atoms with Gasteiger partial charge >= 0.3 is 5.97 Å². The second kappa shape index (κ2) is 9.06. The first-order chi connectivity index (χ1) is 12.0. The predicted octanol–water partition coefficient (Wildman–Crippen LogP) is 3.53. The summed E-state index contributed by atoms with van der Waals surface area (Å²) in [7, 11) is 0. The van der Waals surface area contributed by atoms with E-state index in [0.29, 0.717) is 31.2 Å². The van der Waals surface area contributed by atoms with E-state index >= 15 is 0 Å². The lowest BCUT2D eigenvalue weighted by Gasteiger charge is -2.24. The van der Waals surface area contributed by atoms with Gasteiger partial charge < -0.3 is 14.2 Å². The van der Waals surface area contributed by atoms with Crippen molar-refractivity contribution in [3.63, 3.8) is 0 Å². The Morgan fingerprint density at radius 1 is 1.12 bits per heavy atom. The number of aromatic nitrogens is 1. The Morgan fingerprint density at radius 3 is 2.32 bits per heavy atom. The van der Waals surface area contributed by atoms with E-state index in [1.807, 2.05) is 53.4 Å². The zero-order valence-corrected chi connectivity index (χ0v) is 15.1. The minimum Gasteiger partial charge on any atom is -0.466 e. The molecule has 25 heavy (non-hydrogen) atoms. The molecule has 0 saturated heterocycles. The van der Waals surface area contributed by atoms with Gasteiger partial charge in [-0.2, -0.15) is 0 Å². The Bertz CT molecular complexity index is 675. The minimum atomic E-state index is -0.271. The molecule has 0 atom stereocenters. The Kier molecular flexibility index (Phi) is 6.81. The Labute approximate surface area is 149 Å². The Morgan fingerprint density at radius 2 is 1.76 bits per heavy atom. The zero-order chi connectivity index (χ0) is 18.2. The molecule has 0 aliphatic heterocycles. The van der Waals surface area contributed by atoms with E-state index in [0.717, 1.165) is 5.69 Å². The van der Waals surface area contributed by atoms with Gasteiger partial charge in [0.25, 0.3) is 5.91 Å². The summed E-state index contributed by atoms with van der Waals surface area (Å²) in [5.41, 5.74) is 1.63. The fourth-order valence-electron chi connectivity index (χ4n) is 2.64. The second-order valence-electron chi connectivity index (χ2n) is 6.34. The van der Waals surface area contributed by atoms with Crippen LogP contribution < -0.4 is 0 Å². The summed E-state index contributed by atoms with van der Waals surface area (Å²) in [4.78, 5) is 26.1. The van der Waals surface area contributed by atoms with Gasteiger partial charge in [0.05, 0.1) is 13.0 Å². The van der Waals surface area contributed by atoms with Crippen LogP contribution in [0.5, 0.6) is 0 Å². The van der Waals surface area contributed by atoms with Crippen molar-refractivity contribution < 1.29 is 14.3 Å². The van der Waals surface area contributed by atoms with Crippen molar-refractivity contribution in [2.24, 2.45) is 5.92 Å². The number of nitrogens with zero attached hydrogens (tertiary/aromatic N) is 2. The van der Waals surface area contributed by atoms with Gasteiger partial charge in [0, 0.05) is 36.7 Å². The molecule has 1 heterocycles. The van der Waals surface area contributed by atoms with Crippen molar-refractivity contribution in [3.8, 4) is 5.69 Å². The number of hydrogen-bond donors (Lipinski definition) is 0. The van der Waals surface area contributed by atoms with Crippen molar-refractivity contribution >= 4 is 11.9 Å². The monoisotopic (exact) mass is 342 g/mol. The van der Waals surface area contributed by atoms with Gasteiger partial charge in [-0.15, -0.1) is 0 Å². The van der Waals surface area contributed by atoms with Crippen LogP contribution >= 0.6 is 0 Å². The fraction of sp³-hybridized carbons (Fsp3) is 0.400. The topological polar surface area (TPSA) is 51.5 Å². The van der Waals surface area contributed by atoms with Gasteiger partial charge in [0.2, 0.25) is 0 Å². The summed E-state index contributed by atoms with van der Waals surface area (Å²) in [6.45, 7) is 7.23. The van der Waals surface area contributed by atoms with Crippen LogP contribution in [0, 0.1) is 5.92 Å². The summed E-state index contributed by atoms with van der Waals surface area (Å²) in [6, 6.07) is 11.4. The summed E-state index contributed by atoms with van der Waals surface area (Å²) in [5, 5.41) is 0. The van der Waals surface area contributed by atoms with Crippen LogP contribution in [0.4, 0.5) is 0 Å². The first kappa shape index (κ1) is 18.8. The molecule has 2 aromatic rings. The van der Waals surface area contributed by atoms with Crippen LogP contribution in [0.25, 0.3) is 5.69 Å². The molecule has 0 aliphatic carbocycles. The van der Waals surface area contributed by atoms with Gasteiger partial charge in [0.15, 0.2) is 0 Å². The third-order valence-corrected chi connectivity index (χ3v) is 3.78. The van der Waals surface area contributed by atoms with Crippen LogP contribution in [0.15, 0.2) is 48.8 Å². The number of ether oxygens (including phenoxy) is 1. The molecule has 0 saturated carbocycles. The van der Waals surface area contributed by atoms with E-state index in [1.165, 1.54) is 0 Å². The lowest BCUT2D eigenvalue weighted by Crippen LogP contribution is -2.36. The van der Waals surface area contributed by atoms with Crippen LogP contribution in [0.1, 0.15) is 37.6 Å². The highest BCUT2D eigenvalue weighted by Crippen LogP contribution is 2.13. The number of carbonyl (C=O) groups is 2. The normalized spacial score (nSPS) is 10.7. The lowest BCUT2D eigenvalue weighted by atomic mass is 10.1. The number of hydrogen-bond acceptors (Lipinski definition) is 3. The molecule has 0 radical (unpaired) electrons. The molecule has 1 amide bonds. The van der Waals surface area contributed by atoms with Crippen LogP contribution in [-0.4, -0.2) is 41.0 Å². The molecule has 0 spiro atoms. The Hall–Kier alpha value is -2.56. The number of carbonyl (C=O) groups excluding carboxylic acids is 2. The molecule has 0 fully saturated rings. The van der Waals surface area contributed by atoms with Gasteiger partial charge in [0.1, 0.15) is 0 Å². The van der Waals surface area contributed by atoms with E-state index < -0.39 is 0 Å². The van der Waals surface area contributed by atoms with Crippen LogP contribution in [0.3, 0.4) is 0 Å². The summed E-state index contributed by atoms with van der Waals surface area (Å²) in [5.74, 6) is -0.00522. The maximum Gasteiger partial charge on any atom is 0.307 e. The Balaban J connectivity index is 2.08. The number of esters is 1. The smallest absolute Gasteiger partial charge is 0.307 e. The molecule has 134 valence electrons. The maximum absolute atomic E-state index is 12.8. The number of amides is 1. The molecule has 5 nitrogen and oxygen atoms in total. The van der Waals surface area contributed by atoms with Gasteiger partial charge in [-0.05, 0) is 49.2 Å². The predicted molar refractivity (Wildman–Crippen MR) is 97.8 cm³/mol. The lowest BCUT2D eigenvalue weighted by molar-refractivity contribution is -0.143. The molecule has 0 N–H and O–H groups in total. The average Bonchev–Trinajstić information content (AvgIpc) is 3.12. The first-order valence-electron chi connectivity index (χ1n) is 8.69. The van der Waals surface area contributed by atoms with Crippen molar-refractivity contribution in [3.05, 3.63) is 54.4 Å². The largest absolute Gasteiger partial charge is 0.466 e. The molecule has 2 rings (SSSR count). The van der Waals surface area contributed by atoms with E-state index in [9.17, 15) is 9.59 Å². The molecule has 1 aromatic carbocycles. The highest BCUT2D eigenvalue weighted by Gasteiger charge is 2.18. The number of rotatable bonds is 8. The molecule has 5 heteroatoms. The second-order valence-corrected chi connectivity index (χ2v) is 6.34. The van der Waals surface area contributed by atoms with Crippen molar-refractivity contribution in [1.82, 2.24) is 9.47 Å². The van der Waals surface area contributed by atoms with E-state index in [-0.39, 0.29) is 18.3 Å². The highest BCUT2D eigenvalue weighted by atomic mass is 16.5. The molecular weight excluding hydrogens is 316 g/mol. The van der Waals surface area contributed by atoms with Gasteiger partial charge in [-0.25, -0.2) is 0 Å². The SMILES string of the molecule is CCOC(=O)CCN(CC(C)C)C(=O)c1ccc(-n2cccc2)cc1. The minimum absolute atomic E-state index is 0.0583. The molecular formula is C20H26N2O3. The molecule has 0 bridgehead atoms. The third kappa shape index (κ3) is 5.48. The quantitative estimate of drug-likeness (QED) is 0.690. The highest BCUT2D eigenvalue weighted by molar-refractivity contribution is 5.94. The van der Waals surface area contributed by atoms with Crippen molar-refractivity contribution in [1.29, 1.82) is 0 Å². The first-order valence-corrected chi connectivity index (χ1v) is 8.69. The number of benzene rings is 1. The van der Waals surface area contributed by atoms with Crippen molar-refractivity contribution in [2.45, 2.75) is 27.2 Å². The third-order valence-electron chi connectivity index (χ3n) is 3.78. The van der Waals surface area contributed by atoms with Crippen LogP contribution in [0.2, 0.25) is 0 Å². The van der Waals surface area contributed by atoms with E-state index in [1.54, 1.807) is 11.8 Å². The molecule has 1 aromatic heterocycles. The molecule has 0 aliphatic rings. The van der Waals surface area contributed by atoms with Gasteiger partial charge in [-0.3, -0.25) is 9.59 Å². The standard InChI is InChI=1S/C20H26N2O3/c1-4-25-19(23)11-14-22(15-16(2)3)20(24)17-7-9-18(10-8-17)21-12-5-6-13-21/h5-10,12-13,16H,4,11,14-15H2,1-3H3. The average molecular weight is 342 g/mol. The van der Waals surface area contributed by atoms with Gasteiger partial charge in [-0.1, -0.05) is 13.8 Å².